The molecule has 1 aliphatic heterocycles. The second kappa shape index (κ2) is 3.57. The molecule has 84 valence electrons. The molecule has 1 N–H and O–H groups in total. The Labute approximate surface area is 102 Å². The van der Waals surface area contributed by atoms with Crippen molar-refractivity contribution >= 4 is 27.5 Å². The summed E-state index contributed by atoms with van der Waals surface area (Å²) in [6.45, 7) is 0.901. The maximum Gasteiger partial charge on any atom is 0.230 e. The van der Waals surface area contributed by atoms with Crippen molar-refractivity contribution in [2.75, 3.05) is 18.1 Å². The Hall–Kier alpha value is -0.870. The van der Waals surface area contributed by atoms with E-state index in [2.05, 4.69) is 15.9 Å². The number of aliphatic hydroxyl groups excluding tert-OH is 1. The van der Waals surface area contributed by atoms with Crippen LogP contribution in [0.3, 0.4) is 0 Å². The van der Waals surface area contributed by atoms with Crippen LogP contribution >= 0.6 is 15.9 Å². The van der Waals surface area contributed by atoms with Gasteiger partial charge in [0, 0.05) is 29.2 Å². The quantitative estimate of drug-likeness (QED) is 0.896. The standard InChI is InChI=1S/C12H12BrNO2/c13-7-2-1-3-8(4-7)14-5-9-10(6-15)11(9)12(14)16/h1-4,9-11,15H,5-6H2. The van der Waals surface area contributed by atoms with Crippen molar-refractivity contribution in [3.63, 3.8) is 0 Å². The number of fused-ring (bicyclic) bond motifs is 1. The topological polar surface area (TPSA) is 40.5 Å². The van der Waals surface area contributed by atoms with Gasteiger partial charge in [-0.15, -0.1) is 0 Å². The fraction of sp³-hybridized carbons (Fsp3) is 0.417. The maximum absolute atomic E-state index is 12.0. The van der Waals surface area contributed by atoms with Gasteiger partial charge in [0.15, 0.2) is 0 Å². The van der Waals surface area contributed by atoms with E-state index in [0.29, 0.717) is 5.92 Å². The molecule has 1 saturated carbocycles. The highest BCUT2D eigenvalue weighted by Gasteiger charge is 2.61. The van der Waals surface area contributed by atoms with Crippen LogP contribution in [-0.4, -0.2) is 24.2 Å². The Balaban J connectivity index is 1.82. The number of benzene rings is 1. The summed E-state index contributed by atoms with van der Waals surface area (Å²) in [5.74, 6) is 0.832. The Bertz CT molecular complexity index is 448. The Morgan fingerprint density at radius 3 is 2.88 bits per heavy atom. The van der Waals surface area contributed by atoms with Gasteiger partial charge in [0.2, 0.25) is 5.91 Å². The van der Waals surface area contributed by atoms with E-state index in [1.807, 2.05) is 29.2 Å². The molecule has 0 radical (unpaired) electrons. The van der Waals surface area contributed by atoms with Gasteiger partial charge in [0.25, 0.3) is 0 Å². The first-order valence-electron chi connectivity index (χ1n) is 5.40. The van der Waals surface area contributed by atoms with E-state index in [0.717, 1.165) is 16.7 Å². The highest BCUT2D eigenvalue weighted by molar-refractivity contribution is 9.10. The van der Waals surface area contributed by atoms with Crippen molar-refractivity contribution < 1.29 is 9.90 Å². The molecule has 1 aliphatic carbocycles. The van der Waals surface area contributed by atoms with Gasteiger partial charge in [-0.2, -0.15) is 0 Å². The zero-order valence-corrected chi connectivity index (χ0v) is 10.2. The number of carbonyl (C=O) groups excluding carboxylic acids is 1. The average molecular weight is 282 g/mol. The third-order valence-corrected chi connectivity index (χ3v) is 4.10. The van der Waals surface area contributed by atoms with Crippen molar-refractivity contribution in [1.82, 2.24) is 0 Å². The lowest BCUT2D eigenvalue weighted by Crippen LogP contribution is -2.30. The summed E-state index contributed by atoms with van der Waals surface area (Å²) < 4.78 is 0.983. The van der Waals surface area contributed by atoms with Gasteiger partial charge in [-0.05, 0) is 30.0 Å². The van der Waals surface area contributed by atoms with Crippen molar-refractivity contribution in [2.24, 2.45) is 17.8 Å². The first-order valence-corrected chi connectivity index (χ1v) is 6.19. The fourth-order valence-electron chi connectivity index (χ4n) is 2.67. The van der Waals surface area contributed by atoms with Gasteiger partial charge in [0.1, 0.15) is 0 Å². The number of hydrogen-bond donors (Lipinski definition) is 1. The van der Waals surface area contributed by atoms with Crippen molar-refractivity contribution in [2.45, 2.75) is 0 Å². The van der Waals surface area contributed by atoms with E-state index in [1.54, 1.807) is 0 Å². The number of halogens is 1. The van der Waals surface area contributed by atoms with Crippen LogP contribution in [0, 0.1) is 17.8 Å². The molecule has 4 heteroatoms. The van der Waals surface area contributed by atoms with Gasteiger partial charge >= 0.3 is 0 Å². The van der Waals surface area contributed by atoms with E-state index in [9.17, 15) is 4.79 Å². The highest BCUT2D eigenvalue weighted by atomic mass is 79.9. The van der Waals surface area contributed by atoms with E-state index >= 15 is 0 Å². The van der Waals surface area contributed by atoms with Crippen molar-refractivity contribution in [3.05, 3.63) is 28.7 Å². The lowest BCUT2D eigenvalue weighted by atomic mass is 10.2. The first-order chi connectivity index (χ1) is 7.72. The second-order valence-corrected chi connectivity index (χ2v) is 5.38. The van der Waals surface area contributed by atoms with Crippen LogP contribution in [0.2, 0.25) is 0 Å². The number of aliphatic hydroxyl groups is 1. The van der Waals surface area contributed by atoms with Crippen LogP contribution in [0.5, 0.6) is 0 Å². The number of hydrogen-bond acceptors (Lipinski definition) is 2. The summed E-state index contributed by atoms with van der Waals surface area (Å²) in [4.78, 5) is 13.9. The molecule has 0 spiro atoms. The van der Waals surface area contributed by atoms with Crippen molar-refractivity contribution in [1.29, 1.82) is 0 Å². The summed E-state index contributed by atoms with van der Waals surface area (Å²) in [6.07, 6.45) is 0. The monoisotopic (exact) mass is 281 g/mol. The molecule has 3 nitrogen and oxygen atoms in total. The number of carbonyl (C=O) groups is 1. The van der Waals surface area contributed by atoms with Gasteiger partial charge in [-0.25, -0.2) is 0 Å². The zero-order valence-electron chi connectivity index (χ0n) is 8.64. The normalized spacial score (nSPS) is 31.8. The maximum atomic E-state index is 12.0. The second-order valence-electron chi connectivity index (χ2n) is 4.46. The molecule has 3 atom stereocenters. The molecule has 2 fully saturated rings. The first kappa shape index (κ1) is 10.3. The lowest BCUT2D eigenvalue weighted by Gasteiger charge is -2.19. The molecule has 1 aromatic rings. The molecule has 16 heavy (non-hydrogen) atoms. The fourth-order valence-corrected chi connectivity index (χ4v) is 3.05. The predicted octanol–water partition coefficient (Wildman–Crippen LogP) is 1.65. The molecule has 3 unspecified atom stereocenters. The van der Waals surface area contributed by atoms with Gasteiger partial charge in [-0.1, -0.05) is 22.0 Å². The molecule has 1 aromatic carbocycles. The minimum absolute atomic E-state index is 0.0731. The molecular weight excluding hydrogens is 270 g/mol. The lowest BCUT2D eigenvalue weighted by molar-refractivity contribution is -0.119. The van der Waals surface area contributed by atoms with Crippen LogP contribution in [-0.2, 0) is 4.79 Å². The predicted molar refractivity (Wildman–Crippen MR) is 64.1 cm³/mol. The Morgan fingerprint density at radius 1 is 1.50 bits per heavy atom. The number of nitrogens with zero attached hydrogens (tertiary/aromatic N) is 1. The summed E-state index contributed by atoms with van der Waals surface area (Å²) in [5.41, 5.74) is 0.947. The summed E-state index contributed by atoms with van der Waals surface area (Å²) in [5, 5.41) is 9.05. The average Bonchev–Trinajstić information content (AvgIpc) is 2.88. The summed E-state index contributed by atoms with van der Waals surface area (Å²) in [6, 6.07) is 7.78. The minimum Gasteiger partial charge on any atom is -0.396 e. The molecule has 0 bridgehead atoms. The van der Waals surface area contributed by atoms with E-state index < -0.39 is 0 Å². The molecule has 0 aromatic heterocycles. The number of rotatable bonds is 2. The number of piperidine rings is 1. The summed E-state index contributed by atoms with van der Waals surface area (Å²) >= 11 is 3.40. The smallest absolute Gasteiger partial charge is 0.230 e. The zero-order chi connectivity index (χ0) is 11.3. The van der Waals surface area contributed by atoms with E-state index in [4.69, 9.17) is 5.11 Å². The molecule has 1 saturated heterocycles. The van der Waals surface area contributed by atoms with Crippen LogP contribution in [0.15, 0.2) is 28.7 Å². The van der Waals surface area contributed by atoms with Gasteiger partial charge in [-0.3, -0.25) is 4.79 Å². The Morgan fingerprint density at radius 2 is 2.31 bits per heavy atom. The van der Waals surface area contributed by atoms with Crippen molar-refractivity contribution in [3.8, 4) is 0 Å². The minimum atomic E-state index is 0.0731. The molecule has 2 aliphatic rings. The number of amides is 1. The van der Waals surface area contributed by atoms with E-state index in [1.165, 1.54) is 0 Å². The molecule has 1 heterocycles. The third kappa shape index (κ3) is 1.40. The van der Waals surface area contributed by atoms with Crippen LogP contribution in [0.25, 0.3) is 0 Å². The highest BCUT2D eigenvalue weighted by Crippen LogP contribution is 2.53. The third-order valence-electron chi connectivity index (χ3n) is 3.61. The molecule has 3 rings (SSSR count). The van der Waals surface area contributed by atoms with Gasteiger partial charge < -0.3 is 10.0 Å². The SMILES string of the molecule is O=C1C2C(CO)C2CN1c1cccc(Br)c1. The molecule has 1 amide bonds. The van der Waals surface area contributed by atoms with Crippen LogP contribution in [0.1, 0.15) is 0 Å². The van der Waals surface area contributed by atoms with Gasteiger partial charge in [0.05, 0.1) is 0 Å². The van der Waals surface area contributed by atoms with E-state index in [-0.39, 0.29) is 24.3 Å². The van der Waals surface area contributed by atoms with Crippen LogP contribution in [0.4, 0.5) is 5.69 Å². The number of anilines is 1. The Kier molecular flexibility index (Phi) is 2.30. The summed E-state index contributed by atoms with van der Waals surface area (Å²) in [7, 11) is 0. The largest absolute Gasteiger partial charge is 0.396 e. The molecular formula is C12H12BrNO2. The van der Waals surface area contributed by atoms with Crippen LogP contribution < -0.4 is 4.90 Å².